The number of carbonyl (C=O) groups excluding carboxylic acids is 4. The van der Waals surface area contributed by atoms with Crippen LogP contribution < -0.4 is 23.8 Å². The van der Waals surface area contributed by atoms with Crippen molar-refractivity contribution in [1.29, 1.82) is 0 Å². The summed E-state index contributed by atoms with van der Waals surface area (Å²) in [5.41, 5.74) is 1.54. The third-order valence-corrected chi connectivity index (χ3v) is 10.3. The molecule has 2 heterocycles. The number of methoxy groups -OCH3 is 3. The number of nitrogens with zero attached hydrogens (tertiary/aromatic N) is 2. The molecule has 2 fully saturated rings. The van der Waals surface area contributed by atoms with E-state index >= 15 is 0 Å². The van der Waals surface area contributed by atoms with Crippen LogP contribution in [0.3, 0.4) is 0 Å². The fraction of sp³-hybridized carbons (Fsp3) is 0.442. The van der Waals surface area contributed by atoms with Crippen LogP contribution in [0.5, 0.6) is 23.0 Å². The predicted octanol–water partition coefficient (Wildman–Crippen LogP) is 7.43. The first-order chi connectivity index (χ1) is 26.8. The second kappa shape index (κ2) is 18.8. The number of hydrogen-bond donors (Lipinski definition) is 0. The number of hydrogen-bond acceptors (Lipinski definition) is 11. The minimum absolute atomic E-state index is 0.00627. The van der Waals surface area contributed by atoms with Gasteiger partial charge in [-0.2, -0.15) is 0 Å². The maximum Gasteiger partial charge on any atom is 0.338 e. The Hall–Kier alpha value is -5.36. The minimum Gasteiger partial charge on any atom is -0.493 e. The summed E-state index contributed by atoms with van der Waals surface area (Å²) in [5.74, 6) is 0.405. The molecule has 0 aromatic heterocycles. The van der Waals surface area contributed by atoms with Crippen molar-refractivity contribution in [3.8, 4) is 23.0 Å². The van der Waals surface area contributed by atoms with E-state index in [9.17, 15) is 19.2 Å². The number of carbonyl (C=O) groups is 4. The second-order valence-corrected chi connectivity index (χ2v) is 14.0. The van der Waals surface area contributed by atoms with Gasteiger partial charge in [0.25, 0.3) is 11.8 Å². The summed E-state index contributed by atoms with van der Waals surface area (Å²) in [6.07, 6.45) is 15.5. The normalized spacial score (nSPS) is 18.2. The number of imide groups is 1. The molecule has 12 heteroatoms. The second-order valence-electron chi connectivity index (χ2n) is 14.0. The number of fused-ring (bicyclic) bond motifs is 1. The quantitative estimate of drug-likeness (QED) is 0.104. The van der Waals surface area contributed by atoms with Crippen molar-refractivity contribution < 1.29 is 47.6 Å². The molecule has 1 atom stereocenters. The molecule has 0 radical (unpaired) electrons. The van der Waals surface area contributed by atoms with Crippen LogP contribution in [0.4, 0.5) is 5.69 Å². The van der Waals surface area contributed by atoms with E-state index in [2.05, 4.69) is 15.7 Å². The molecule has 2 aliphatic carbocycles. The van der Waals surface area contributed by atoms with Crippen molar-refractivity contribution in [2.24, 2.45) is 0 Å². The molecule has 0 bridgehead atoms. The lowest BCUT2D eigenvalue weighted by atomic mass is 9.98. The first-order valence-corrected chi connectivity index (χ1v) is 19.2. The summed E-state index contributed by atoms with van der Waals surface area (Å²) in [7, 11) is 4.09. The average molecular weight is 755 g/mol. The molecular formula is C43H50N2O10. The van der Waals surface area contributed by atoms with E-state index in [0.29, 0.717) is 46.4 Å². The fourth-order valence-electron chi connectivity index (χ4n) is 7.33. The number of rotatable bonds is 12. The number of ether oxygens (including phenoxy) is 6. The van der Waals surface area contributed by atoms with Gasteiger partial charge in [0.1, 0.15) is 24.2 Å². The third-order valence-electron chi connectivity index (χ3n) is 10.3. The van der Waals surface area contributed by atoms with E-state index in [1.165, 1.54) is 63.4 Å². The monoisotopic (exact) mass is 754 g/mol. The van der Waals surface area contributed by atoms with Gasteiger partial charge in [0.15, 0.2) is 11.5 Å². The van der Waals surface area contributed by atoms with Gasteiger partial charge in [-0.3, -0.25) is 14.5 Å². The van der Waals surface area contributed by atoms with Crippen LogP contribution in [-0.4, -0.2) is 88.4 Å². The topological polar surface area (TPSA) is 130 Å². The summed E-state index contributed by atoms with van der Waals surface area (Å²) in [6, 6.07) is 15.1. The molecule has 3 aromatic carbocycles. The maximum atomic E-state index is 13.2. The Labute approximate surface area is 322 Å². The third kappa shape index (κ3) is 9.66. The molecule has 2 amide bonds. The molecule has 1 saturated carbocycles. The van der Waals surface area contributed by atoms with Gasteiger partial charge in [0.05, 0.1) is 55.4 Å². The van der Waals surface area contributed by atoms with Crippen molar-refractivity contribution in [1.82, 2.24) is 4.90 Å². The van der Waals surface area contributed by atoms with Crippen molar-refractivity contribution in [3.63, 3.8) is 0 Å². The Morgan fingerprint density at radius 1 is 0.691 bits per heavy atom. The number of likely N-dealkylation sites (tertiary alicyclic amines) is 1. The minimum atomic E-state index is -0.597. The molecule has 7 rings (SSSR count). The van der Waals surface area contributed by atoms with Gasteiger partial charge in [-0.1, -0.05) is 12.5 Å². The van der Waals surface area contributed by atoms with Crippen LogP contribution in [0.25, 0.3) is 0 Å². The highest BCUT2D eigenvalue weighted by molar-refractivity contribution is 6.34. The molecule has 0 spiro atoms. The number of amides is 2. The lowest BCUT2D eigenvalue weighted by molar-refractivity contribution is 0.0554. The van der Waals surface area contributed by atoms with Crippen LogP contribution in [0.15, 0.2) is 66.7 Å². The van der Waals surface area contributed by atoms with Gasteiger partial charge in [-0.05, 0) is 125 Å². The summed E-state index contributed by atoms with van der Waals surface area (Å²) in [6.45, 7) is 3.67. The largest absolute Gasteiger partial charge is 0.493 e. The molecule has 2 aliphatic heterocycles. The van der Waals surface area contributed by atoms with E-state index in [4.69, 9.17) is 23.7 Å². The molecule has 292 valence electrons. The van der Waals surface area contributed by atoms with Gasteiger partial charge >= 0.3 is 11.9 Å². The SMILES string of the molecule is COC(=O)c1ccc(OC2C=CCCC2)cc1C(=O)OC.COc1cc(N2C(=O)c3ccc(OC4CCCCC4)cc3C2=O)ccc1OCCN1CCCC1. The first kappa shape index (κ1) is 39.3. The maximum absolute atomic E-state index is 13.2. The molecule has 1 unspecified atom stereocenters. The molecule has 4 aliphatic rings. The first-order valence-electron chi connectivity index (χ1n) is 19.2. The van der Waals surface area contributed by atoms with Gasteiger partial charge in [0, 0.05) is 12.6 Å². The molecular weight excluding hydrogens is 704 g/mol. The summed E-state index contributed by atoms with van der Waals surface area (Å²) in [4.78, 5) is 53.4. The number of esters is 2. The smallest absolute Gasteiger partial charge is 0.338 e. The lowest BCUT2D eigenvalue weighted by Gasteiger charge is -2.23. The van der Waals surface area contributed by atoms with E-state index in [0.717, 1.165) is 51.7 Å². The predicted molar refractivity (Wildman–Crippen MR) is 206 cm³/mol. The average Bonchev–Trinajstić information content (AvgIpc) is 3.83. The molecule has 55 heavy (non-hydrogen) atoms. The van der Waals surface area contributed by atoms with E-state index in [1.54, 1.807) is 49.6 Å². The Morgan fingerprint density at radius 2 is 1.40 bits per heavy atom. The lowest BCUT2D eigenvalue weighted by Crippen LogP contribution is -2.29. The summed E-state index contributed by atoms with van der Waals surface area (Å²) >= 11 is 0. The molecule has 12 nitrogen and oxygen atoms in total. The number of allylic oxidation sites excluding steroid dienone is 1. The fourth-order valence-corrected chi connectivity index (χ4v) is 7.33. The summed E-state index contributed by atoms with van der Waals surface area (Å²) in [5, 5.41) is 0. The van der Waals surface area contributed by atoms with E-state index < -0.39 is 11.9 Å². The van der Waals surface area contributed by atoms with Crippen molar-refractivity contribution in [2.45, 2.75) is 76.4 Å². The Bertz CT molecular complexity index is 1880. The zero-order valence-corrected chi connectivity index (χ0v) is 31.9. The van der Waals surface area contributed by atoms with Crippen molar-refractivity contribution in [3.05, 3.63) is 89.0 Å². The Morgan fingerprint density at radius 3 is 2.11 bits per heavy atom. The summed E-state index contributed by atoms with van der Waals surface area (Å²) < 4.78 is 32.7. The highest BCUT2D eigenvalue weighted by atomic mass is 16.5. The van der Waals surface area contributed by atoms with E-state index in [-0.39, 0.29) is 35.1 Å². The van der Waals surface area contributed by atoms with Crippen LogP contribution in [-0.2, 0) is 9.47 Å². The van der Waals surface area contributed by atoms with Crippen LogP contribution >= 0.6 is 0 Å². The van der Waals surface area contributed by atoms with Gasteiger partial charge in [0.2, 0.25) is 0 Å². The molecule has 0 N–H and O–H groups in total. The van der Waals surface area contributed by atoms with Crippen molar-refractivity contribution >= 4 is 29.4 Å². The van der Waals surface area contributed by atoms with Crippen LogP contribution in [0.2, 0.25) is 0 Å². The zero-order chi connectivity index (χ0) is 38.7. The number of anilines is 1. The van der Waals surface area contributed by atoms with E-state index in [1.807, 2.05) is 6.08 Å². The Kier molecular flexibility index (Phi) is 13.4. The molecule has 3 aromatic rings. The van der Waals surface area contributed by atoms with Gasteiger partial charge in [-0.15, -0.1) is 0 Å². The highest BCUT2D eigenvalue weighted by Crippen LogP contribution is 2.37. The number of benzene rings is 3. The van der Waals surface area contributed by atoms with Gasteiger partial charge < -0.3 is 28.4 Å². The molecule has 1 saturated heterocycles. The standard InChI is InChI=1S/C27H32N2O5.C16H18O5/c1-32-25-17-19(9-12-24(25)33-16-15-28-13-5-6-14-28)29-26(30)22-11-10-21(18-23(22)27(29)31)34-20-7-3-2-4-8-20;1-19-15(17)13-9-8-12(10-14(13)16(18)20-2)21-11-6-4-3-5-7-11/h9-12,17-18,20H,2-8,13-16H2,1H3;4,6,8-11H,3,5,7H2,1-2H3. The van der Waals surface area contributed by atoms with Crippen molar-refractivity contribution in [2.75, 3.05) is 52.5 Å². The zero-order valence-electron chi connectivity index (χ0n) is 31.9. The van der Waals surface area contributed by atoms with Gasteiger partial charge in [-0.25, -0.2) is 14.5 Å². The van der Waals surface area contributed by atoms with Crippen LogP contribution in [0, 0.1) is 0 Å². The van der Waals surface area contributed by atoms with Crippen LogP contribution in [0.1, 0.15) is 106 Å². The Balaban J connectivity index is 0.000000211. The highest BCUT2D eigenvalue weighted by Gasteiger charge is 2.37.